The molecule has 0 saturated carbocycles. The van der Waals surface area contributed by atoms with Crippen LogP contribution in [0.15, 0.2) is 54.6 Å². The van der Waals surface area contributed by atoms with Gasteiger partial charge in [-0.3, -0.25) is 9.78 Å². The van der Waals surface area contributed by atoms with Crippen molar-refractivity contribution in [1.29, 1.82) is 0 Å². The van der Waals surface area contributed by atoms with Gasteiger partial charge in [0, 0.05) is 11.1 Å². The van der Waals surface area contributed by atoms with Gasteiger partial charge >= 0.3 is 5.97 Å². The lowest BCUT2D eigenvalue weighted by Crippen LogP contribution is -2.06. The molecule has 1 N–H and O–H groups in total. The predicted molar refractivity (Wildman–Crippen MR) is 90.5 cm³/mol. The van der Waals surface area contributed by atoms with Gasteiger partial charge in [0.05, 0.1) is 11.9 Å². The number of hydrogen-bond donors (Lipinski definition) is 1. The monoisotopic (exact) mass is 313 g/mol. The molecular formula is C18H16ClNO2. The summed E-state index contributed by atoms with van der Waals surface area (Å²) in [4.78, 5) is 15.8. The third-order valence-corrected chi connectivity index (χ3v) is 3.59. The van der Waals surface area contributed by atoms with Gasteiger partial charge in [-0.2, -0.15) is 0 Å². The third-order valence-electron chi connectivity index (χ3n) is 3.59. The van der Waals surface area contributed by atoms with Gasteiger partial charge in [0.1, 0.15) is 0 Å². The van der Waals surface area contributed by atoms with Crippen molar-refractivity contribution in [3.63, 3.8) is 0 Å². The molecule has 0 fully saturated rings. The highest BCUT2D eigenvalue weighted by molar-refractivity contribution is 5.97. The SMILES string of the molecule is Cc1nc2ccccc2c(-c2ccccc2)c1CC(=O)O.Cl. The number of carbonyl (C=O) groups is 1. The Hall–Kier alpha value is -2.39. The summed E-state index contributed by atoms with van der Waals surface area (Å²) >= 11 is 0. The fraction of sp³-hybridized carbons (Fsp3) is 0.111. The van der Waals surface area contributed by atoms with Gasteiger partial charge in [-0.25, -0.2) is 0 Å². The van der Waals surface area contributed by atoms with Crippen LogP contribution in [-0.4, -0.2) is 16.1 Å². The van der Waals surface area contributed by atoms with Crippen molar-refractivity contribution in [3.05, 3.63) is 65.9 Å². The molecule has 0 aliphatic carbocycles. The molecule has 0 unspecified atom stereocenters. The summed E-state index contributed by atoms with van der Waals surface area (Å²) in [6, 6.07) is 17.7. The first kappa shape index (κ1) is 16.0. The van der Waals surface area contributed by atoms with Gasteiger partial charge < -0.3 is 5.11 Å². The Morgan fingerprint density at radius 1 is 1.05 bits per heavy atom. The topological polar surface area (TPSA) is 50.2 Å². The van der Waals surface area contributed by atoms with E-state index in [1.54, 1.807) is 0 Å². The maximum atomic E-state index is 11.2. The quantitative estimate of drug-likeness (QED) is 0.786. The molecule has 3 rings (SSSR count). The van der Waals surface area contributed by atoms with Gasteiger partial charge in [0.15, 0.2) is 0 Å². The first-order valence-electron chi connectivity index (χ1n) is 6.82. The van der Waals surface area contributed by atoms with Crippen LogP contribution < -0.4 is 0 Å². The highest BCUT2D eigenvalue weighted by atomic mass is 35.5. The second-order valence-corrected chi connectivity index (χ2v) is 5.00. The summed E-state index contributed by atoms with van der Waals surface area (Å²) in [6.45, 7) is 1.87. The largest absolute Gasteiger partial charge is 0.481 e. The zero-order chi connectivity index (χ0) is 14.8. The van der Waals surface area contributed by atoms with Crippen LogP contribution in [0.4, 0.5) is 0 Å². The molecule has 0 bridgehead atoms. The number of pyridine rings is 1. The molecule has 3 aromatic rings. The van der Waals surface area contributed by atoms with Crippen molar-refractivity contribution in [2.45, 2.75) is 13.3 Å². The number of aliphatic carboxylic acids is 1. The first-order valence-corrected chi connectivity index (χ1v) is 6.82. The van der Waals surface area contributed by atoms with Crippen molar-refractivity contribution in [3.8, 4) is 11.1 Å². The highest BCUT2D eigenvalue weighted by Crippen LogP contribution is 2.33. The number of aromatic nitrogens is 1. The maximum absolute atomic E-state index is 11.2. The van der Waals surface area contributed by atoms with Crippen LogP contribution >= 0.6 is 12.4 Å². The molecule has 0 spiro atoms. The Bertz CT molecular complexity index is 816. The van der Waals surface area contributed by atoms with Gasteiger partial charge in [-0.1, -0.05) is 48.5 Å². The number of benzene rings is 2. The minimum Gasteiger partial charge on any atom is -0.481 e. The lowest BCUT2D eigenvalue weighted by molar-refractivity contribution is -0.136. The number of nitrogens with zero attached hydrogens (tertiary/aromatic N) is 1. The fourth-order valence-corrected chi connectivity index (χ4v) is 2.68. The lowest BCUT2D eigenvalue weighted by Gasteiger charge is -2.14. The molecule has 22 heavy (non-hydrogen) atoms. The second-order valence-electron chi connectivity index (χ2n) is 5.00. The fourth-order valence-electron chi connectivity index (χ4n) is 2.68. The summed E-state index contributed by atoms with van der Waals surface area (Å²) in [7, 11) is 0. The number of rotatable bonds is 3. The van der Waals surface area contributed by atoms with E-state index in [4.69, 9.17) is 0 Å². The van der Waals surface area contributed by atoms with E-state index in [1.165, 1.54) is 0 Å². The molecule has 0 aliphatic rings. The molecule has 0 amide bonds. The lowest BCUT2D eigenvalue weighted by atomic mass is 9.93. The maximum Gasteiger partial charge on any atom is 0.307 e. The van der Waals surface area contributed by atoms with Crippen LogP contribution in [0.25, 0.3) is 22.0 Å². The minimum absolute atomic E-state index is 0. The minimum atomic E-state index is -0.840. The standard InChI is InChI=1S/C18H15NO2.ClH/c1-12-15(11-17(20)21)18(13-7-3-2-4-8-13)14-9-5-6-10-16(14)19-12;/h2-10H,11H2,1H3,(H,20,21);1H. The van der Waals surface area contributed by atoms with Crippen LogP contribution in [0.3, 0.4) is 0 Å². The van der Waals surface area contributed by atoms with E-state index in [9.17, 15) is 9.90 Å². The highest BCUT2D eigenvalue weighted by Gasteiger charge is 2.16. The smallest absolute Gasteiger partial charge is 0.307 e. The summed E-state index contributed by atoms with van der Waals surface area (Å²) in [5.74, 6) is -0.840. The van der Waals surface area contributed by atoms with Crippen molar-refractivity contribution < 1.29 is 9.90 Å². The van der Waals surface area contributed by atoms with E-state index < -0.39 is 5.97 Å². The van der Waals surface area contributed by atoms with Crippen molar-refractivity contribution in [2.24, 2.45) is 0 Å². The molecule has 2 aromatic carbocycles. The average molecular weight is 314 g/mol. The Balaban J connectivity index is 0.00000176. The third kappa shape index (κ3) is 2.95. The second kappa shape index (κ2) is 6.58. The van der Waals surface area contributed by atoms with Gasteiger partial charge in [-0.05, 0) is 29.7 Å². The molecule has 1 aromatic heterocycles. The van der Waals surface area contributed by atoms with Crippen molar-refractivity contribution in [1.82, 2.24) is 4.98 Å². The van der Waals surface area contributed by atoms with Crippen LogP contribution in [0.2, 0.25) is 0 Å². The molecule has 3 nitrogen and oxygen atoms in total. The molecule has 112 valence electrons. The first-order chi connectivity index (χ1) is 10.2. The Morgan fingerprint density at radius 2 is 1.68 bits per heavy atom. The van der Waals surface area contributed by atoms with E-state index >= 15 is 0 Å². The molecule has 0 saturated heterocycles. The van der Waals surface area contributed by atoms with Crippen molar-refractivity contribution >= 4 is 29.3 Å². The molecular weight excluding hydrogens is 298 g/mol. The predicted octanol–water partition coefficient (Wildman–Crippen LogP) is 4.26. The van der Waals surface area contributed by atoms with E-state index in [-0.39, 0.29) is 18.8 Å². The number of halogens is 1. The number of aryl methyl sites for hydroxylation is 1. The van der Waals surface area contributed by atoms with Crippen LogP contribution in [-0.2, 0) is 11.2 Å². The summed E-state index contributed by atoms with van der Waals surface area (Å²) in [5.41, 5.74) is 4.45. The number of hydrogen-bond acceptors (Lipinski definition) is 2. The van der Waals surface area contributed by atoms with Gasteiger partial charge in [-0.15, -0.1) is 12.4 Å². The zero-order valence-electron chi connectivity index (χ0n) is 12.1. The van der Waals surface area contributed by atoms with E-state index in [0.717, 1.165) is 33.3 Å². The number of para-hydroxylation sites is 1. The number of carboxylic acid groups (broad SMARTS) is 1. The van der Waals surface area contributed by atoms with Gasteiger partial charge in [0.25, 0.3) is 0 Å². The van der Waals surface area contributed by atoms with Crippen LogP contribution in [0.5, 0.6) is 0 Å². The molecule has 1 heterocycles. The number of fused-ring (bicyclic) bond motifs is 1. The molecule has 4 heteroatoms. The van der Waals surface area contributed by atoms with Crippen molar-refractivity contribution in [2.75, 3.05) is 0 Å². The summed E-state index contributed by atoms with van der Waals surface area (Å²) in [5, 5.41) is 10.2. The van der Waals surface area contributed by atoms with E-state index in [0.29, 0.717) is 0 Å². The van der Waals surface area contributed by atoms with E-state index in [2.05, 4.69) is 4.98 Å². The number of carboxylic acids is 1. The van der Waals surface area contributed by atoms with Crippen LogP contribution in [0, 0.1) is 6.92 Å². The van der Waals surface area contributed by atoms with E-state index in [1.807, 2.05) is 61.5 Å². The Kier molecular flexibility index (Phi) is 4.78. The normalized spacial score (nSPS) is 10.2. The Morgan fingerprint density at radius 3 is 2.36 bits per heavy atom. The summed E-state index contributed by atoms with van der Waals surface area (Å²) < 4.78 is 0. The summed E-state index contributed by atoms with van der Waals surface area (Å²) in [6.07, 6.45) is -0.0199. The molecule has 0 atom stereocenters. The average Bonchev–Trinajstić information content (AvgIpc) is 2.48. The Labute approximate surface area is 135 Å². The molecule has 0 aliphatic heterocycles. The van der Waals surface area contributed by atoms with Gasteiger partial charge in [0.2, 0.25) is 0 Å². The molecule has 0 radical (unpaired) electrons. The zero-order valence-corrected chi connectivity index (χ0v) is 12.9. The van der Waals surface area contributed by atoms with Crippen LogP contribution in [0.1, 0.15) is 11.3 Å².